The molecule has 0 bridgehead atoms. The Morgan fingerprint density at radius 1 is 0.909 bits per heavy atom. The molecule has 0 radical (unpaired) electrons. The lowest BCUT2D eigenvalue weighted by atomic mass is 10.2. The SMILES string of the molecule is CCOC(=O)C1=NN(c2ccccc2C)[C@]2(S1)SC(C(=O)OCC)=C(C)N2c1ccccc1. The van der Waals surface area contributed by atoms with E-state index in [0.717, 1.165) is 22.6 Å². The minimum atomic E-state index is -0.984. The predicted molar refractivity (Wildman–Crippen MR) is 134 cm³/mol. The average Bonchev–Trinajstić information content (AvgIpc) is 3.33. The molecule has 0 saturated heterocycles. The molecular formula is C24H25N3O4S2. The van der Waals surface area contributed by atoms with Crippen molar-refractivity contribution < 1.29 is 19.1 Å². The number of para-hydroxylation sites is 2. The molecule has 1 atom stereocenters. The van der Waals surface area contributed by atoms with E-state index in [9.17, 15) is 9.59 Å². The summed E-state index contributed by atoms with van der Waals surface area (Å²) in [6.45, 7) is 7.94. The lowest BCUT2D eigenvalue weighted by Crippen LogP contribution is -2.49. The van der Waals surface area contributed by atoms with Crippen molar-refractivity contribution in [2.45, 2.75) is 32.0 Å². The van der Waals surface area contributed by atoms with E-state index in [-0.39, 0.29) is 18.3 Å². The number of rotatable bonds is 6. The van der Waals surface area contributed by atoms with Crippen molar-refractivity contribution >= 4 is 51.9 Å². The quantitative estimate of drug-likeness (QED) is 0.527. The molecule has 0 fully saturated rings. The van der Waals surface area contributed by atoms with Crippen LogP contribution in [0.15, 0.2) is 70.3 Å². The third-order valence-corrected chi connectivity index (χ3v) is 7.99. The van der Waals surface area contributed by atoms with Crippen molar-refractivity contribution in [3.8, 4) is 0 Å². The Morgan fingerprint density at radius 2 is 1.55 bits per heavy atom. The molecule has 2 aliphatic heterocycles. The van der Waals surface area contributed by atoms with Gasteiger partial charge >= 0.3 is 11.9 Å². The van der Waals surface area contributed by atoms with Crippen LogP contribution in [0.2, 0.25) is 0 Å². The van der Waals surface area contributed by atoms with Crippen LogP contribution in [0.25, 0.3) is 0 Å². The van der Waals surface area contributed by atoms with Crippen LogP contribution in [0.4, 0.5) is 11.4 Å². The first-order valence-electron chi connectivity index (χ1n) is 10.7. The summed E-state index contributed by atoms with van der Waals surface area (Å²) in [5.41, 5.74) is 3.42. The van der Waals surface area contributed by atoms with Gasteiger partial charge in [0.05, 0.1) is 18.9 Å². The number of ether oxygens (including phenoxy) is 2. The van der Waals surface area contributed by atoms with Crippen molar-refractivity contribution in [2.24, 2.45) is 5.10 Å². The molecule has 33 heavy (non-hydrogen) atoms. The van der Waals surface area contributed by atoms with E-state index in [2.05, 4.69) is 0 Å². The first-order valence-corrected chi connectivity index (χ1v) is 12.3. The van der Waals surface area contributed by atoms with Crippen LogP contribution in [0.3, 0.4) is 0 Å². The van der Waals surface area contributed by atoms with Gasteiger partial charge in [-0.15, -0.1) is 0 Å². The number of hydrazone groups is 1. The largest absolute Gasteiger partial charge is 0.462 e. The average molecular weight is 484 g/mol. The highest BCUT2D eigenvalue weighted by atomic mass is 32.2. The number of allylic oxidation sites excluding steroid dienone is 1. The monoisotopic (exact) mass is 483 g/mol. The Balaban J connectivity index is 1.90. The zero-order valence-electron chi connectivity index (χ0n) is 18.9. The van der Waals surface area contributed by atoms with Gasteiger partial charge in [-0.1, -0.05) is 48.2 Å². The van der Waals surface area contributed by atoms with Crippen LogP contribution in [0, 0.1) is 6.92 Å². The van der Waals surface area contributed by atoms with E-state index in [1.54, 1.807) is 13.8 Å². The highest BCUT2D eigenvalue weighted by Gasteiger charge is 2.58. The van der Waals surface area contributed by atoms with E-state index in [1.807, 2.05) is 78.4 Å². The van der Waals surface area contributed by atoms with Crippen molar-refractivity contribution in [3.05, 3.63) is 70.8 Å². The second kappa shape index (κ2) is 9.52. The van der Waals surface area contributed by atoms with Crippen molar-refractivity contribution in [3.63, 3.8) is 0 Å². The predicted octanol–water partition coefficient (Wildman–Crippen LogP) is 5.08. The van der Waals surface area contributed by atoms with Gasteiger partial charge in [0.15, 0.2) is 0 Å². The molecule has 2 aliphatic rings. The Kier molecular flexibility index (Phi) is 6.71. The second-order valence-electron chi connectivity index (χ2n) is 7.28. The Hall–Kier alpha value is -2.91. The van der Waals surface area contributed by atoms with E-state index in [4.69, 9.17) is 14.6 Å². The highest BCUT2D eigenvalue weighted by molar-refractivity contribution is 8.29. The number of anilines is 2. The molecule has 0 saturated carbocycles. The lowest BCUT2D eigenvalue weighted by molar-refractivity contribution is -0.137. The standard InChI is InChI=1S/C24H25N3O4S2/c1-5-30-22(28)20-17(4)26(18-13-8-7-9-14-18)24(32-20)27(19-15-11-10-12-16(19)3)25-21(33-24)23(29)31-6-2/h7-15H,5-6H2,1-4H3/t24-/m0/s1. The number of aryl methyl sites for hydroxylation is 1. The zero-order valence-corrected chi connectivity index (χ0v) is 20.5. The third-order valence-electron chi connectivity index (χ3n) is 5.14. The maximum absolute atomic E-state index is 12.9. The van der Waals surface area contributed by atoms with Crippen LogP contribution in [0.5, 0.6) is 0 Å². The number of esters is 2. The molecule has 0 N–H and O–H groups in total. The Labute approximate surface area is 201 Å². The summed E-state index contributed by atoms with van der Waals surface area (Å²) in [6.07, 6.45) is 0. The van der Waals surface area contributed by atoms with Gasteiger partial charge in [0.1, 0.15) is 4.91 Å². The normalized spacial score (nSPS) is 19.8. The summed E-state index contributed by atoms with van der Waals surface area (Å²) < 4.78 is 9.65. The van der Waals surface area contributed by atoms with Crippen molar-refractivity contribution in [1.82, 2.24) is 0 Å². The summed E-state index contributed by atoms with van der Waals surface area (Å²) in [5, 5.41) is 6.76. The maximum atomic E-state index is 12.9. The molecule has 172 valence electrons. The van der Waals surface area contributed by atoms with Crippen LogP contribution in [-0.4, -0.2) is 34.5 Å². The minimum Gasteiger partial charge on any atom is -0.462 e. The molecule has 9 heteroatoms. The first-order chi connectivity index (χ1) is 15.9. The smallest absolute Gasteiger partial charge is 0.365 e. The Bertz CT molecular complexity index is 1140. The molecule has 2 aromatic rings. The molecule has 0 unspecified atom stereocenters. The summed E-state index contributed by atoms with van der Waals surface area (Å²) in [7, 11) is 0. The number of benzene rings is 2. The molecule has 7 nitrogen and oxygen atoms in total. The fourth-order valence-electron chi connectivity index (χ4n) is 3.72. The molecule has 0 aliphatic carbocycles. The molecule has 1 spiro atoms. The molecule has 0 amide bonds. The van der Waals surface area contributed by atoms with Crippen molar-refractivity contribution in [2.75, 3.05) is 23.1 Å². The van der Waals surface area contributed by atoms with Crippen LogP contribution in [0.1, 0.15) is 26.3 Å². The van der Waals surface area contributed by atoms with Gasteiger partial charge in [-0.3, -0.25) is 0 Å². The zero-order chi connectivity index (χ0) is 23.6. The number of hydrogen-bond donors (Lipinski definition) is 0. The van der Waals surface area contributed by atoms with Crippen LogP contribution < -0.4 is 9.91 Å². The summed E-state index contributed by atoms with van der Waals surface area (Å²) >= 11 is 2.60. The minimum absolute atomic E-state index is 0.228. The van der Waals surface area contributed by atoms with Crippen molar-refractivity contribution in [1.29, 1.82) is 0 Å². The topological polar surface area (TPSA) is 71.4 Å². The van der Waals surface area contributed by atoms with Gasteiger partial charge in [-0.25, -0.2) is 14.6 Å². The second-order valence-corrected chi connectivity index (χ2v) is 9.88. The van der Waals surface area contributed by atoms with Crippen LogP contribution in [-0.2, 0) is 19.1 Å². The van der Waals surface area contributed by atoms with E-state index >= 15 is 0 Å². The van der Waals surface area contributed by atoms with Gasteiger partial charge in [-0.05, 0) is 63.2 Å². The number of nitrogens with zero attached hydrogens (tertiary/aromatic N) is 3. The number of carbonyl (C=O) groups excluding carboxylic acids is 2. The molecule has 4 rings (SSSR count). The Morgan fingerprint density at radius 3 is 2.21 bits per heavy atom. The van der Waals surface area contributed by atoms with Gasteiger partial charge in [0, 0.05) is 11.4 Å². The fraction of sp³-hybridized carbons (Fsp3) is 0.292. The van der Waals surface area contributed by atoms with E-state index < -0.39 is 16.3 Å². The molecule has 2 aromatic carbocycles. The fourth-order valence-corrected chi connectivity index (χ4v) is 6.65. The third kappa shape index (κ3) is 4.11. The lowest BCUT2D eigenvalue weighted by Gasteiger charge is -2.41. The van der Waals surface area contributed by atoms with Crippen LogP contribution >= 0.6 is 23.5 Å². The number of carbonyl (C=O) groups is 2. The van der Waals surface area contributed by atoms with E-state index in [1.165, 1.54) is 23.5 Å². The van der Waals surface area contributed by atoms with Gasteiger partial charge in [0.25, 0.3) is 0 Å². The number of hydrogen-bond acceptors (Lipinski definition) is 9. The van der Waals surface area contributed by atoms with Gasteiger partial charge < -0.3 is 14.4 Å². The van der Waals surface area contributed by atoms with Gasteiger partial charge in [-0.2, -0.15) is 5.10 Å². The van der Waals surface area contributed by atoms with Gasteiger partial charge in [0.2, 0.25) is 9.37 Å². The number of thioether (sulfide) groups is 2. The summed E-state index contributed by atoms with van der Waals surface area (Å²) in [6, 6.07) is 17.6. The maximum Gasteiger partial charge on any atom is 0.365 e. The summed E-state index contributed by atoms with van der Waals surface area (Å²) in [5.74, 6) is -0.887. The molecule has 0 aromatic heterocycles. The molecular weight excluding hydrogens is 458 g/mol. The highest BCUT2D eigenvalue weighted by Crippen LogP contribution is 2.60. The first kappa shape index (κ1) is 23.3. The molecule has 2 heterocycles. The van der Waals surface area contributed by atoms with E-state index in [0.29, 0.717) is 4.91 Å². The summed E-state index contributed by atoms with van der Waals surface area (Å²) in [4.78, 5) is 28.2.